The molecule has 2 aliphatic carbocycles. The van der Waals surface area contributed by atoms with Gasteiger partial charge in [-0.3, -0.25) is 9.59 Å². The monoisotopic (exact) mass is 671 g/mol. The van der Waals surface area contributed by atoms with Crippen molar-refractivity contribution < 1.29 is 53.8 Å². The summed E-state index contributed by atoms with van der Waals surface area (Å²) >= 11 is 5.96. The van der Waals surface area contributed by atoms with Crippen molar-refractivity contribution in [3.05, 3.63) is 64.2 Å². The van der Waals surface area contributed by atoms with Gasteiger partial charge in [-0.25, -0.2) is 8.42 Å². The lowest BCUT2D eigenvalue weighted by Gasteiger charge is -2.43. The van der Waals surface area contributed by atoms with Crippen molar-refractivity contribution >= 4 is 33.8 Å². The van der Waals surface area contributed by atoms with Gasteiger partial charge < -0.3 is 10.0 Å². The van der Waals surface area contributed by atoms with E-state index >= 15 is 0 Å². The van der Waals surface area contributed by atoms with Crippen molar-refractivity contribution in [2.24, 2.45) is 5.92 Å². The molecule has 0 aromatic heterocycles. The molecule has 2 aromatic carbocycles. The van der Waals surface area contributed by atoms with Gasteiger partial charge in [0.2, 0.25) is 5.91 Å². The molecule has 2 atom stereocenters. The predicted molar refractivity (Wildman–Crippen MR) is 145 cm³/mol. The van der Waals surface area contributed by atoms with Crippen LogP contribution in [0.25, 0.3) is 0 Å². The van der Waals surface area contributed by atoms with Gasteiger partial charge in [0.15, 0.2) is 9.84 Å². The summed E-state index contributed by atoms with van der Waals surface area (Å²) in [4.78, 5) is 23.4. The highest BCUT2D eigenvalue weighted by atomic mass is 35.5. The van der Waals surface area contributed by atoms with E-state index in [0.717, 1.165) is 25.3 Å². The van der Waals surface area contributed by atoms with Crippen molar-refractivity contribution in [1.29, 1.82) is 0 Å². The molecule has 2 fully saturated rings. The molecule has 1 aliphatic heterocycles. The molecule has 3 aliphatic rings. The smallest absolute Gasteiger partial charge is 0.460 e. The van der Waals surface area contributed by atoms with E-state index in [-0.39, 0.29) is 65.1 Å². The minimum absolute atomic E-state index is 0.00294. The number of sulfone groups is 1. The van der Waals surface area contributed by atoms with Crippen LogP contribution in [0, 0.1) is 5.92 Å². The molecular weight excluding hydrogens is 643 g/mol. The van der Waals surface area contributed by atoms with Crippen molar-refractivity contribution in [3.8, 4) is 0 Å². The summed E-state index contributed by atoms with van der Waals surface area (Å²) in [6.45, 7) is -0.184. The second-order valence-corrected chi connectivity index (χ2v) is 13.8. The molecule has 1 saturated heterocycles. The number of aryl methyl sites for hydroxylation is 1. The predicted octanol–water partition coefficient (Wildman–Crippen LogP) is 7.13. The molecule has 15 heteroatoms. The molecule has 242 valence electrons. The summed E-state index contributed by atoms with van der Waals surface area (Å²) in [5.74, 6) is -12.4. The third-order valence-electron chi connectivity index (χ3n) is 8.84. The Balaban J connectivity index is 0.00000141. The number of carbonyl (C=O) groups is 2. The van der Waals surface area contributed by atoms with Gasteiger partial charge >= 0.3 is 18.0 Å². The van der Waals surface area contributed by atoms with E-state index in [9.17, 15) is 43.9 Å². The fourth-order valence-electron chi connectivity index (χ4n) is 6.75. The molecule has 0 bridgehead atoms. The first-order chi connectivity index (χ1) is 20.5. The van der Waals surface area contributed by atoms with E-state index in [1.807, 2.05) is 0 Å². The average Bonchev–Trinajstić information content (AvgIpc) is 3.39. The fourth-order valence-corrected chi connectivity index (χ4v) is 9.25. The van der Waals surface area contributed by atoms with Crippen molar-refractivity contribution in [2.75, 3.05) is 6.54 Å². The normalized spacial score (nSPS) is 22.8. The number of carbonyl (C=O) groups excluding carboxylic acids is 1. The summed E-state index contributed by atoms with van der Waals surface area (Å²) in [7, 11) is -4.36. The van der Waals surface area contributed by atoms with Crippen molar-refractivity contribution in [3.63, 3.8) is 0 Å². The molecule has 2 unspecified atom stereocenters. The first-order valence-electron chi connectivity index (χ1n) is 13.8. The maximum atomic E-state index is 14.6. The van der Waals surface area contributed by atoms with E-state index in [2.05, 4.69) is 0 Å². The minimum Gasteiger partial charge on any atom is -0.483 e. The largest absolute Gasteiger partial charge is 0.483 e. The van der Waals surface area contributed by atoms with Crippen LogP contribution in [0.1, 0.15) is 61.6 Å². The number of carboxylic acid groups (broad SMARTS) is 1. The van der Waals surface area contributed by atoms with Gasteiger partial charge in [0.1, 0.15) is 4.75 Å². The standard InChI is InChI=1S/C28H27ClF7NO3S.CH2O2/c29-20-8-10-21(11-9-20)41(39,40)25-14-15-37(24(38)17-4-2-1-3-5-17)23(25)13-6-18-16-19(7-12-22(18)25)26(30,31)27(32,33)28(34,35)36;2-1-3/h7-12,16-17,23H,1-6,13-15H2;1H,(H,2,3). The van der Waals surface area contributed by atoms with Gasteiger partial charge in [-0.05, 0) is 73.6 Å². The van der Waals surface area contributed by atoms with Gasteiger partial charge in [-0.1, -0.05) is 43.0 Å². The number of hydrogen-bond acceptors (Lipinski definition) is 4. The lowest BCUT2D eigenvalue weighted by Crippen LogP contribution is -2.53. The highest BCUT2D eigenvalue weighted by Gasteiger charge is 2.73. The van der Waals surface area contributed by atoms with E-state index in [4.69, 9.17) is 21.5 Å². The highest BCUT2D eigenvalue weighted by molar-refractivity contribution is 7.92. The molecule has 6 nitrogen and oxygen atoms in total. The quantitative estimate of drug-likeness (QED) is 0.270. The number of alkyl halides is 7. The van der Waals surface area contributed by atoms with Gasteiger partial charge in [-0.15, -0.1) is 0 Å². The topological polar surface area (TPSA) is 91.8 Å². The third-order valence-corrected chi connectivity index (χ3v) is 11.6. The molecule has 1 heterocycles. The highest BCUT2D eigenvalue weighted by Crippen LogP contribution is 2.56. The summed E-state index contributed by atoms with van der Waals surface area (Å²) < 4.78 is 123. The number of amides is 1. The van der Waals surface area contributed by atoms with Crippen LogP contribution in [0.4, 0.5) is 30.7 Å². The summed E-state index contributed by atoms with van der Waals surface area (Å²) in [5, 5.41) is 7.15. The van der Waals surface area contributed by atoms with Gasteiger partial charge in [-0.2, -0.15) is 30.7 Å². The maximum Gasteiger partial charge on any atom is 0.460 e. The molecule has 1 N–H and O–H groups in total. The van der Waals surface area contributed by atoms with Crippen molar-refractivity contribution in [2.45, 2.75) is 85.1 Å². The van der Waals surface area contributed by atoms with Crippen LogP contribution in [0.15, 0.2) is 47.4 Å². The summed E-state index contributed by atoms with van der Waals surface area (Å²) in [5.41, 5.74) is -1.61. The molecule has 5 rings (SSSR count). The zero-order valence-electron chi connectivity index (χ0n) is 23.1. The molecule has 1 amide bonds. The van der Waals surface area contributed by atoms with Crippen LogP contribution in [0.5, 0.6) is 0 Å². The molecule has 44 heavy (non-hydrogen) atoms. The van der Waals surface area contributed by atoms with Crippen LogP contribution >= 0.6 is 11.6 Å². The fraction of sp³-hybridized carbons (Fsp3) is 0.517. The third kappa shape index (κ3) is 5.45. The Bertz CT molecular complexity index is 1490. The Hall–Kier alpha value is -2.87. The summed E-state index contributed by atoms with van der Waals surface area (Å²) in [6.07, 6.45) is -2.63. The van der Waals surface area contributed by atoms with E-state index < -0.39 is 44.2 Å². The van der Waals surface area contributed by atoms with E-state index in [1.165, 1.54) is 24.3 Å². The van der Waals surface area contributed by atoms with Crippen LogP contribution < -0.4 is 0 Å². The van der Waals surface area contributed by atoms with Crippen LogP contribution in [0.2, 0.25) is 5.02 Å². The van der Waals surface area contributed by atoms with Gasteiger partial charge in [0, 0.05) is 23.0 Å². The van der Waals surface area contributed by atoms with E-state index in [0.29, 0.717) is 25.0 Å². The Morgan fingerprint density at radius 1 is 0.955 bits per heavy atom. The molecule has 2 aromatic rings. The first kappa shape index (κ1) is 34.0. The Morgan fingerprint density at radius 3 is 2.11 bits per heavy atom. The number of fused-ring (bicyclic) bond motifs is 3. The zero-order valence-corrected chi connectivity index (χ0v) is 24.7. The minimum atomic E-state index is -6.51. The number of nitrogens with zero attached hydrogens (tertiary/aromatic N) is 1. The number of hydrogen-bond donors (Lipinski definition) is 1. The molecular formula is C29H29ClF7NO5S. The molecule has 1 saturated carbocycles. The lowest BCUT2D eigenvalue weighted by molar-refractivity contribution is -0.359. The first-order valence-corrected chi connectivity index (χ1v) is 15.7. The van der Waals surface area contributed by atoms with Gasteiger partial charge in [0.05, 0.1) is 10.9 Å². The molecule has 0 radical (unpaired) electrons. The van der Waals surface area contributed by atoms with Gasteiger partial charge in [0.25, 0.3) is 6.47 Å². The maximum absolute atomic E-state index is 14.6. The molecule has 0 spiro atoms. The Morgan fingerprint density at radius 2 is 1.55 bits per heavy atom. The van der Waals surface area contributed by atoms with Crippen LogP contribution in [-0.2, 0) is 36.5 Å². The number of halogens is 8. The van der Waals surface area contributed by atoms with E-state index in [1.54, 1.807) is 4.90 Å². The van der Waals surface area contributed by atoms with Crippen LogP contribution in [-0.4, -0.2) is 55.5 Å². The Kier molecular flexibility index (Phi) is 9.39. The lowest BCUT2D eigenvalue weighted by atomic mass is 9.77. The Labute approximate surface area is 254 Å². The number of likely N-dealkylation sites (tertiary alicyclic amines) is 1. The summed E-state index contributed by atoms with van der Waals surface area (Å²) in [6, 6.07) is 6.33. The zero-order chi connectivity index (χ0) is 32.7. The van der Waals surface area contributed by atoms with Crippen LogP contribution in [0.3, 0.4) is 0 Å². The second kappa shape index (κ2) is 12.1. The number of rotatable bonds is 5. The second-order valence-electron chi connectivity index (χ2n) is 11.1. The van der Waals surface area contributed by atoms with Crippen molar-refractivity contribution in [1.82, 2.24) is 4.90 Å². The average molecular weight is 672 g/mol. The number of benzene rings is 2. The SMILES string of the molecule is O=C(C1CCCCC1)N1CCC2(S(=O)(=O)c3ccc(Cl)cc3)c3ccc(C(F)(F)C(F)(F)C(F)(F)F)cc3CCC12.O=CO.